The largest absolute Gasteiger partial charge is 0.506 e. The number of fused-ring (bicyclic) bond motifs is 5. The smallest absolute Gasteiger partial charge is 0.319 e. The van der Waals surface area contributed by atoms with Gasteiger partial charge in [0.05, 0.1) is 34.0 Å². The van der Waals surface area contributed by atoms with Crippen molar-refractivity contribution in [3.8, 4) is 22.9 Å². The predicted molar refractivity (Wildman–Crippen MR) is 160 cm³/mol. The lowest BCUT2D eigenvalue weighted by Crippen LogP contribution is -2.48. The standard InChI is InChI=1S/C31H33ClF3N7O2/c1-30-9-17(11-36-30)3-6-40(15-30)28-21-8-23(34)24(20-7-19(43)14-42-27(20)22(32)12-37-42)25(35)26(21)38-29(39-28)44-16-31-4-2-5-41(31)13-18(33)10-31/h7-8,12,14,17-18,36,43H,2-6,9-11,13,15-16H2,1H3/t17?,18-,30+,31+/m1/s1. The van der Waals surface area contributed by atoms with E-state index in [0.717, 1.165) is 38.8 Å². The zero-order chi connectivity index (χ0) is 30.4. The van der Waals surface area contributed by atoms with E-state index in [1.807, 2.05) is 0 Å². The number of aromatic hydroxyl groups is 1. The van der Waals surface area contributed by atoms with Gasteiger partial charge in [0.25, 0.3) is 0 Å². The van der Waals surface area contributed by atoms with E-state index in [1.165, 1.54) is 29.0 Å². The van der Waals surface area contributed by atoms with E-state index < -0.39 is 28.9 Å². The number of alkyl halides is 1. The van der Waals surface area contributed by atoms with Crippen molar-refractivity contribution >= 4 is 33.8 Å². The molecule has 4 aliphatic heterocycles. The van der Waals surface area contributed by atoms with Crippen LogP contribution in [0.4, 0.5) is 19.0 Å². The van der Waals surface area contributed by atoms with Crippen LogP contribution in [0.2, 0.25) is 5.02 Å². The van der Waals surface area contributed by atoms with Crippen LogP contribution in [0.1, 0.15) is 39.0 Å². The molecule has 0 aliphatic carbocycles. The minimum Gasteiger partial charge on any atom is -0.506 e. The van der Waals surface area contributed by atoms with Crippen molar-refractivity contribution < 1.29 is 23.0 Å². The SMILES string of the molecule is C[C@]12CC(CCN(c3nc(OC[C@@]45CCCN4C[C@H](F)C5)nc4c(F)c(-c5cc(O)cn6ncc(Cl)c56)c(F)cc34)C1)CN2. The molecular weight excluding hydrogens is 595 g/mol. The van der Waals surface area contributed by atoms with Crippen molar-refractivity contribution in [2.45, 2.75) is 56.3 Å². The van der Waals surface area contributed by atoms with Gasteiger partial charge in [0.1, 0.15) is 35.7 Å². The van der Waals surface area contributed by atoms with Gasteiger partial charge < -0.3 is 20.1 Å². The molecule has 44 heavy (non-hydrogen) atoms. The molecule has 232 valence electrons. The van der Waals surface area contributed by atoms with Crippen LogP contribution in [0, 0.1) is 17.6 Å². The lowest BCUT2D eigenvalue weighted by Gasteiger charge is -2.33. The minimum absolute atomic E-state index is 0.0382. The second kappa shape index (κ2) is 10.1. The Hall–Kier alpha value is -3.35. The number of pyridine rings is 1. The molecule has 0 radical (unpaired) electrons. The van der Waals surface area contributed by atoms with Gasteiger partial charge in [0.2, 0.25) is 0 Å². The third kappa shape index (κ3) is 4.47. The van der Waals surface area contributed by atoms with Crippen LogP contribution in [0.25, 0.3) is 27.5 Å². The summed E-state index contributed by atoms with van der Waals surface area (Å²) in [5.74, 6) is -1.11. The topological polar surface area (TPSA) is 91.0 Å². The summed E-state index contributed by atoms with van der Waals surface area (Å²) in [6, 6.07) is 2.47. The highest BCUT2D eigenvalue weighted by atomic mass is 35.5. The van der Waals surface area contributed by atoms with Gasteiger partial charge in [0.15, 0.2) is 5.82 Å². The summed E-state index contributed by atoms with van der Waals surface area (Å²) in [5.41, 5.74) is -0.840. The summed E-state index contributed by atoms with van der Waals surface area (Å²) in [4.78, 5) is 13.5. The van der Waals surface area contributed by atoms with Gasteiger partial charge in [-0.2, -0.15) is 15.1 Å². The van der Waals surface area contributed by atoms with Gasteiger partial charge in [-0.15, -0.1) is 0 Å². The Labute approximate surface area is 257 Å². The first-order valence-corrected chi connectivity index (χ1v) is 15.6. The third-order valence-corrected chi connectivity index (χ3v) is 10.4. The molecule has 0 amide bonds. The first kappa shape index (κ1) is 28.1. The van der Waals surface area contributed by atoms with E-state index >= 15 is 8.78 Å². The fourth-order valence-electron chi connectivity index (χ4n) is 8.14. The van der Waals surface area contributed by atoms with Crippen LogP contribution in [0.5, 0.6) is 11.8 Å². The summed E-state index contributed by atoms with van der Waals surface area (Å²) in [5, 5.41) is 18.5. The Morgan fingerprint density at radius 2 is 2.07 bits per heavy atom. The van der Waals surface area contributed by atoms with Crippen molar-refractivity contribution in [1.29, 1.82) is 0 Å². The van der Waals surface area contributed by atoms with Gasteiger partial charge in [-0.25, -0.2) is 17.7 Å². The molecule has 2 bridgehead atoms. The molecule has 4 fully saturated rings. The van der Waals surface area contributed by atoms with Gasteiger partial charge in [-0.3, -0.25) is 4.90 Å². The maximum absolute atomic E-state index is 16.7. The number of nitrogens with one attached hydrogen (secondary N) is 1. The summed E-state index contributed by atoms with van der Waals surface area (Å²) < 4.78 is 54.8. The lowest BCUT2D eigenvalue weighted by atomic mass is 9.95. The monoisotopic (exact) mass is 627 g/mol. The van der Waals surface area contributed by atoms with Crippen LogP contribution in [0.3, 0.4) is 0 Å². The Bertz CT molecular complexity index is 1810. The highest BCUT2D eigenvalue weighted by Crippen LogP contribution is 2.43. The number of anilines is 1. The van der Waals surface area contributed by atoms with Crippen molar-refractivity contribution in [3.63, 3.8) is 0 Å². The quantitative estimate of drug-likeness (QED) is 0.315. The summed E-state index contributed by atoms with van der Waals surface area (Å²) in [6.45, 7) is 5.72. The molecule has 0 spiro atoms. The first-order chi connectivity index (χ1) is 21.1. The molecule has 4 aromatic rings. The predicted octanol–water partition coefficient (Wildman–Crippen LogP) is 5.12. The van der Waals surface area contributed by atoms with Crippen molar-refractivity contribution in [1.82, 2.24) is 29.8 Å². The number of benzene rings is 1. The van der Waals surface area contributed by atoms with E-state index in [1.54, 1.807) is 0 Å². The average Bonchev–Trinajstić information content (AvgIpc) is 3.69. The molecule has 1 unspecified atom stereocenters. The van der Waals surface area contributed by atoms with E-state index in [0.29, 0.717) is 37.8 Å². The molecule has 13 heteroatoms. The normalized spacial score (nSPS) is 28.7. The molecule has 8 rings (SSSR count). The highest BCUT2D eigenvalue weighted by molar-refractivity contribution is 6.34. The maximum Gasteiger partial charge on any atom is 0.319 e. The molecule has 4 saturated heterocycles. The summed E-state index contributed by atoms with van der Waals surface area (Å²) in [6.07, 6.45) is 5.77. The number of nitrogens with zero attached hydrogens (tertiary/aromatic N) is 6. The molecule has 1 aromatic carbocycles. The molecule has 4 atom stereocenters. The zero-order valence-electron chi connectivity index (χ0n) is 24.3. The fraction of sp³-hybridized carbons (Fsp3) is 0.516. The molecule has 3 aromatic heterocycles. The number of hydrogen-bond acceptors (Lipinski definition) is 8. The summed E-state index contributed by atoms with van der Waals surface area (Å²) in [7, 11) is 0. The van der Waals surface area contributed by atoms with E-state index in [2.05, 4.69) is 32.1 Å². The van der Waals surface area contributed by atoms with Crippen molar-refractivity contribution in [3.05, 3.63) is 41.2 Å². The molecule has 2 N–H and O–H groups in total. The van der Waals surface area contributed by atoms with Crippen molar-refractivity contribution in [2.75, 3.05) is 44.2 Å². The minimum atomic E-state index is -0.927. The van der Waals surface area contributed by atoms with Crippen LogP contribution in [-0.2, 0) is 0 Å². The van der Waals surface area contributed by atoms with E-state index in [9.17, 15) is 9.50 Å². The second-order valence-electron chi connectivity index (χ2n) is 13.3. The average molecular weight is 628 g/mol. The van der Waals surface area contributed by atoms with Crippen LogP contribution >= 0.6 is 11.6 Å². The molecule has 4 aliphatic rings. The number of halogens is 4. The van der Waals surface area contributed by atoms with E-state index in [-0.39, 0.29) is 50.9 Å². The zero-order valence-corrected chi connectivity index (χ0v) is 25.0. The second-order valence-corrected chi connectivity index (χ2v) is 13.7. The van der Waals surface area contributed by atoms with Crippen molar-refractivity contribution in [2.24, 2.45) is 5.92 Å². The first-order valence-electron chi connectivity index (χ1n) is 15.2. The molecule has 0 saturated carbocycles. The Morgan fingerprint density at radius 1 is 1.20 bits per heavy atom. The Kier molecular flexibility index (Phi) is 6.45. The van der Waals surface area contributed by atoms with Gasteiger partial charge in [-0.05, 0) is 63.7 Å². The van der Waals surface area contributed by atoms with Gasteiger partial charge in [0, 0.05) is 42.5 Å². The van der Waals surface area contributed by atoms with E-state index in [4.69, 9.17) is 21.3 Å². The molecular formula is C31H33ClF3N7O2. The van der Waals surface area contributed by atoms with Gasteiger partial charge >= 0.3 is 6.01 Å². The molecule has 7 heterocycles. The Morgan fingerprint density at radius 3 is 2.93 bits per heavy atom. The van der Waals surface area contributed by atoms with Gasteiger partial charge in [-0.1, -0.05) is 11.6 Å². The molecule has 9 nitrogen and oxygen atoms in total. The summed E-state index contributed by atoms with van der Waals surface area (Å²) >= 11 is 6.37. The number of aromatic nitrogens is 4. The number of hydrogen-bond donors (Lipinski definition) is 2. The lowest BCUT2D eigenvalue weighted by molar-refractivity contribution is 0.107. The number of rotatable bonds is 5. The third-order valence-electron chi connectivity index (χ3n) is 10.1. The van der Waals surface area contributed by atoms with Crippen LogP contribution < -0.4 is 15.0 Å². The van der Waals surface area contributed by atoms with Crippen LogP contribution in [0.15, 0.2) is 24.5 Å². The number of ether oxygens (including phenoxy) is 1. The van der Waals surface area contributed by atoms with Crippen LogP contribution in [-0.4, -0.2) is 86.2 Å². The Balaban J connectivity index is 1.28. The highest BCUT2D eigenvalue weighted by Gasteiger charge is 2.49. The fourth-order valence-corrected chi connectivity index (χ4v) is 8.37. The maximum atomic E-state index is 16.7.